The van der Waals surface area contributed by atoms with E-state index in [4.69, 9.17) is 18.9 Å². The van der Waals surface area contributed by atoms with Gasteiger partial charge in [-0.25, -0.2) is 4.79 Å². The maximum atomic E-state index is 14.9. The third-order valence-electron chi connectivity index (χ3n) is 8.93. The molecule has 4 aromatic carbocycles. The Morgan fingerprint density at radius 1 is 0.809 bits per heavy atom. The van der Waals surface area contributed by atoms with Crippen molar-refractivity contribution in [3.63, 3.8) is 0 Å². The monoisotopic (exact) mass is 634 g/mol. The number of hydrogen-bond donors (Lipinski definition) is 0. The number of carbonyl (C=O) groups excluding carboxylic acids is 1. The SMILES string of the molecule is COc1cc(C(C)(C)C)c(OC(=O)c2c(CCC3OCCCO3)cc(Cc3ccccc3)c(C)c2-c2ccccc2)c(C(C)(C)C)c1. The molecular formula is C42H50O5. The summed E-state index contributed by atoms with van der Waals surface area (Å²) < 4.78 is 24.3. The van der Waals surface area contributed by atoms with Crippen LogP contribution in [-0.4, -0.2) is 32.6 Å². The Hall–Kier alpha value is -3.93. The van der Waals surface area contributed by atoms with E-state index in [2.05, 4.69) is 90.9 Å². The summed E-state index contributed by atoms with van der Waals surface area (Å²) in [5.74, 6) is 0.990. The van der Waals surface area contributed by atoms with Crippen LogP contribution in [0, 0.1) is 6.92 Å². The van der Waals surface area contributed by atoms with Gasteiger partial charge in [-0.05, 0) is 82.5 Å². The summed E-state index contributed by atoms with van der Waals surface area (Å²) in [6.07, 6.45) is 2.61. The van der Waals surface area contributed by atoms with E-state index in [-0.39, 0.29) is 23.1 Å². The van der Waals surface area contributed by atoms with Crippen molar-refractivity contribution in [3.05, 3.63) is 118 Å². The molecule has 0 amide bonds. The molecule has 1 heterocycles. The van der Waals surface area contributed by atoms with E-state index in [0.717, 1.165) is 52.0 Å². The Morgan fingerprint density at radius 3 is 1.94 bits per heavy atom. The number of rotatable bonds is 9. The molecule has 0 N–H and O–H groups in total. The number of ether oxygens (including phenoxy) is 4. The first-order valence-corrected chi connectivity index (χ1v) is 16.8. The number of hydrogen-bond acceptors (Lipinski definition) is 5. The molecule has 5 heteroatoms. The molecule has 248 valence electrons. The van der Waals surface area contributed by atoms with Crippen molar-refractivity contribution in [1.29, 1.82) is 0 Å². The number of carbonyl (C=O) groups is 1. The summed E-state index contributed by atoms with van der Waals surface area (Å²) in [6, 6.07) is 26.9. The minimum absolute atomic E-state index is 0.298. The van der Waals surface area contributed by atoms with E-state index >= 15 is 0 Å². The van der Waals surface area contributed by atoms with Crippen LogP contribution in [0.4, 0.5) is 0 Å². The highest BCUT2D eigenvalue weighted by molar-refractivity contribution is 6.01. The van der Waals surface area contributed by atoms with Crippen LogP contribution < -0.4 is 9.47 Å². The summed E-state index contributed by atoms with van der Waals surface area (Å²) in [5.41, 5.74) is 8.15. The third-order valence-corrected chi connectivity index (χ3v) is 8.93. The lowest BCUT2D eigenvalue weighted by molar-refractivity contribution is -0.180. The molecule has 0 spiro atoms. The predicted octanol–water partition coefficient (Wildman–Crippen LogP) is 9.77. The average Bonchev–Trinajstić information content (AvgIpc) is 3.05. The van der Waals surface area contributed by atoms with Gasteiger partial charge in [0.15, 0.2) is 6.29 Å². The van der Waals surface area contributed by atoms with Crippen LogP contribution in [0.2, 0.25) is 0 Å². The first-order valence-electron chi connectivity index (χ1n) is 16.8. The number of esters is 1. The van der Waals surface area contributed by atoms with Gasteiger partial charge in [0, 0.05) is 17.5 Å². The lowest BCUT2D eigenvalue weighted by Crippen LogP contribution is -2.26. The molecule has 0 bridgehead atoms. The lowest BCUT2D eigenvalue weighted by Gasteiger charge is -2.30. The summed E-state index contributed by atoms with van der Waals surface area (Å²) in [7, 11) is 1.68. The zero-order valence-corrected chi connectivity index (χ0v) is 29.4. The fourth-order valence-corrected chi connectivity index (χ4v) is 6.36. The van der Waals surface area contributed by atoms with Gasteiger partial charge in [-0.2, -0.15) is 0 Å². The van der Waals surface area contributed by atoms with E-state index in [9.17, 15) is 4.79 Å². The molecular weight excluding hydrogens is 584 g/mol. The molecule has 4 aromatic rings. The van der Waals surface area contributed by atoms with Gasteiger partial charge in [-0.15, -0.1) is 0 Å². The third kappa shape index (κ3) is 8.14. The highest BCUT2D eigenvalue weighted by atomic mass is 16.7. The van der Waals surface area contributed by atoms with Crippen molar-refractivity contribution in [3.8, 4) is 22.6 Å². The molecule has 0 aliphatic carbocycles. The van der Waals surface area contributed by atoms with E-state index in [1.807, 2.05) is 36.4 Å². The van der Waals surface area contributed by atoms with Crippen molar-refractivity contribution >= 4 is 5.97 Å². The maximum absolute atomic E-state index is 14.9. The Kier molecular flexibility index (Phi) is 10.6. The van der Waals surface area contributed by atoms with Crippen LogP contribution >= 0.6 is 0 Å². The first kappa shape index (κ1) is 34.4. The van der Waals surface area contributed by atoms with E-state index in [1.165, 1.54) is 11.1 Å². The molecule has 1 aliphatic rings. The fraction of sp³-hybridized carbons (Fsp3) is 0.405. The Balaban J connectivity index is 1.71. The zero-order chi connectivity index (χ0) is 33.8. The highest BCUT2D eigenvalue weighted by Gasteiger charge is 2.32. The summed E-state index contributed by atoms with van der Waals surface area (Å²) in [6.45, 7) is 16.3. The van der Waals surface area contributed by atoms with Crippen molar-refractivity contribution in [2.24, 2.45) is 0 Å². The molecule has 1 fully saturated rings. The number of benzene rings is 4. The molecule has 47 heavy (non-hydrogen) atoms. The van der Waals surface area contributed by atoms with Gasteiger partial charge in [0.05, 0.1) is 25.9 Å². The first-order chi connectivity index (χ1) is 22.4. The van der Waals surface area contributed by atoms with Gasteiger partial charge in [0.25, 0.3) is 0 Å². The van der Waals surface area contributed by atoms with Crippen LogP contribution in [0.1, 0.15) is 98.1 Å². The summed E-state index contributed by atoms with van der Waals surface area (Å²) in [5, 5.41) is 0. The van der Waals surface area contributed by atoms with Crippen LogP contribution in [0.5, 0.6) is 11.5 Å². The van der Waals surface area contributed by atoms with Crippen LogP contribution in [0.25, 0.3) is 11.1 Å². The summed E-state index contributed by atoms with van der Waals surface area (Å²) in [4.78, 5) is 14.9. The quantitative estimate of drug-likeness (QED) is 0.136. The molecule has 1 aliphatic heterocycles. The zero-order valence-electron chi connectivity index (χ0n) is 29.4. The van der Waals surface area contributed by atoms with Gasteiger partial charge < -0.3 is 18.9 Å². The Labute approximate surface area is 281 Å². The predicted molar refractivity (Wildman–Crippen MR) is 190 cm³/mol. The smallest absolute Gasteiger partial charge is 0.344 e. The van der Waals surface area contributed by atoms with Crippen LogP contribution in [0.3, 0.4) is 0 Å². The van der Waals surface area contributed by atoms with E-state index in [0.29, 0.717) is 37.4 Å². The molecule has 5 nitrogen and oxygen atoms in total. The van der Waals surface area contributed by atoms with Crippen molar-refractivity contribution in [1.82, 2.24) is 0 Å². The van der Waals surface area contributed by atoms with Gasteiger partial charge in [-0.1, -0.05) is 108 Å². The lowest BCUT2D eigenvalue weighted by atomic mass is 9.79. The van der Waals surface area contributed by atoms with Crippen molar-refractivity contribution in [2.75, 3.05) is 20.3 Å². The topological polar surface area (TPSA) is 54.0 Å². The normalized spacial score (nSPS) is 14.2. The maximum Gasteiger partial charge on any atom is 0.344 e. The van der Waals surface area contributed by atoms with Crippen LogP contribution in [-0.2, 0) is 33.1 Å². The fourth-order valence-electron chi connectivity index (χ4n) is 6.36. The van der Waals surface area contributed by atoms with Gasteiger partial charge >= 0.3 is 5.97 Å². The van der Waals surface area contributed by atoms with E-state index < -0.39 is 0 Å². The largest absolute Gasteiger partial charge is 0.497 e. The summed E-state index contributed by atoms with van der Waals surface area (Å²) >= 11 is 0. The molecule has 1 saturated heterocycles. The second-order valence-electron chi connectivity index (χ2n) is 14.6. The van der Waals surface area contributed by atoms with Gasteiger partial charge in [0.1, 0.15) is 11.5 Å². The van der Waals surface area contributed by atoms with Crippen LogP contribution in [0.15, 0.2) is 78.9 Å². The average molecular weight is 635 g/mol. The van der Waals surface area contributed by atoms with E-state index in [1.54, 1.807) is 7.11 Å². The van der Waals surface area contributed by atoms with Crippen molar-refractivity contribution in [2.45, 2.75) is 91.3 Å². The molecule has 0 aromatic heterocycles. The molecule has 0 unspecified atom stereocenters. The second kappa shape index (κ2) is 14.5. The minimum Gasteiger partial charge on any atom is -0.497 e. The number of methoxy groups -OCH3 is 1. The number of aryl methyl sites for hydroxylation is 1. The standard InChI is InChI=1S/C42H50O5/c1-28-32(24-29-16-11-9-12-17-29)25-31(20-21-36-45-22-15-23-46-36)38(37(28)30-18-13-10-14-19-30)40(43)47-39-34(41(2,3)4)26-33(44-8)27-35(39)42(5,6)7/h9-14,16-19,25-27,36H,15,20-24H2,1-8H3. The van der Waals surface area contributed by atoms with Crippen molar-refractivity contribution < 1.29 is 23.7 Å². The molecule has 0 saturated carbocycles. The van der Waals surface area contributed by atoms with Gasteiger partial charge in [0.2, 0.25) is 0 Å². The van der Waals surface area contributed by atoms with Gasteiger partial charge in [-0.3, -0.25) is 0 Å². The second-order valence-corrected chi connectivity index (χ2v) is 14.6. The molecule has 0 radical (unpaired) electrons. The minimum atomic E-state index is -0.361. The highest BCUT2D eigenvalue weighted by Crippen LogP contribution is 2.44. The molecule has 5 rings (SSSR count). The molecule has 0 atom stereocenters. The Bertz CT molecular complexity index is 1640. The Morgan fingerprint density at radius 2 is 1.38 bits per heavy atom.